The van der Waals surface area contributed by atoms with Crippen molar-refractivity contribution in [1.82, 2.24) is 0 Å². The number of hydrogen-bond donors (Lipinski definition) is 1. The van der Waals surface area contributed by atoms with Crippen molar-refractivity contribution in [1.29, 1.82) is 0 Å². The first kappa shape index (κ1) is 12.4. The van der Waals surface area contributed by atoms with Gasteiger partial charge in [-0.2, -0.15) is 4.84 Å². The Balaban J connectivity index is 0. The topological polar surface area (TPSA) is 52.3 Å². The average molecular weight is 169 g/mol. The van der Waals surface area contributed by atoms with E-state index >= 15 is 0 Å². The van der Waals surface area contributed by atoms with Gasteiger partial charge in [-0.05, 0) is 6.92 Å². The maximum absolute atomic E-state index is 10.5. The van der Waals surface area contributed by atoms with Crippen LogP contribution in [-0.2, 0) is 4.84 Å². The molecular weight excluding hydrogens is 156 g/mol. The van der Waals surface area contributed by atoms with Gasteiger partial charge >= 0.3 is 6.03 Å². The lowest BCUT2D eigenvalue weighted by molar-refractivity contribution is -1.01. The Kier molecular flexibility index (Phi) is 5.55. The van der Waals surface area contributed by atoms with Crippen LogP contribution in [0.3, 0.4) is 0 Å². The van der Waals surface area contributed by atoms with Crippen LogP contribution in [0.5, 0.6) is 0 Å². The molecule has 0 fully saturated rings. The number of carbonyl (C=O) groups excluding carboxylic acids is 1. The molecule has 0 saturated heterocycles. The molecule has 0 radical (unpaired) electrons. The number of primary amides is 1. The van der Waals surface area contributed by atoms with Crippen molar-refractivity contribution in [2.75, 3.05) is 20.7 Å². The molecule has 2 N–H and O–H groups in total. The van der Waals surface area contributed by atoms with Crippen LogP contribution in [0.1, 0.15) is 6.92 Å². The van der Waals surface area contributed by atoms with Crippen molar-refractivity contribution in [3.8, 4) is 0 Å². The molecule has 0 aliphatic carbocycles. The van der Waals surface area contributed by atoms with Gasteiger partial charge in [0.1, 0.15) is 20.7 Å². The Bertz CT molecular complexity index is 116. The van der Waals surface area contributed by atoms with Crippen LogP contribution in [0, 0.1) is 0 Å². The lowest BCUT2D eigenvalue weighted by Crippen LogP contribution is -3.00. The first-order chi connectivity index (χ1) is 4.00. The van der Waals surface area contributed by atoms with Gasteiger partial charge in [0.05, 0.1) is 0 Å². The minimum Gasteiger partial charge on any atom is -1.00 e. The standard InChI is InChI=1S/C5H12N2O2.ClH/c1-4-9-7(2,3)5(6)8;/h4H2,1-3H3,(H-,6,8);1H. The number of halogens is 1. The predicted molar refractivity (Wildman–Crippen MR) is 33.3 cm³/mol. The van der Waals surface area contributed by atoms with Crippen molar-refractivity contribution < 1.29 is 26.7 Å². The maximum Gasteiger partial charge on any atom is 0.446 e. The van der Waals surface area contributed by atoms with E-state index in [0.29, 0.717) is 6.61 Å². The summed E-state index contributed by atoms with van der Waals surface area (Å²) >= 11 is 0. The molecule has 0 spiro atoms. The van der Waals surface area contributed by atoms with E-state index in [1.807, 2.05) is 6.92 Å². The molecule has 10 heavy (non-hydrogen) atoms. The van der Waals surface area contributed by atoms with Gasteiger partial charge < -0.3 is 18.1 Å². The first-order valence-corrected chi connectivity index (χ1v) is 2.79. The van der Waals surface area contributed by atoms with Gasteiger partial charge in [0.15, 0.2) is 0 Å². The van der Waals surface area contributed by atoms with Crippen molar-refractivity contribution >= 4 is 6.03 Å². The number of quaternary nitrogens is 1. The Hall–Kier alpha value is -0.320. The molecule has 0 aliphatic heterocycles. The minimum absolute atomic E-state index is 0. The van der Waals surface area contributed by atoms with Crippen LogP contribution in [0.2, 0.25) is 0 Å². The Morgan fingerprint density at radius 1 is 1.60 bits per heavy atom. The first-order valence-electron chi connectivity index (χ1n) is 2.79. The smallest absolute Gasteiger partial charge is 0.446 e. The van der Waals surface area contributed by atoms with Gasteiger partial charge in [0.2, 0.25) is 0 Å². The molecule has 0 aliphatic rings. The number of urea groups is 1. The third-order valence-electron chi connectivity index (χ3n) is 0.983. The lowest BCUT2D eigenvalue weighted by Gasteiger charge is -2.19. The monoisotopic (exact) mass is 168 g/mol. The predicted octanol–water partition coefficient (Wildman–Crippen LogP) is -2.90. The zero-order chi connectivity index (χ0) is 7.49. The molecule has 2 amide bonds. The number of nitrogens with two attached hydrogens (primary N) is 1. The van der Waals surface area contributed by atoms with Gasteiger partial charge in [-0.25, -0.2) is 4.79 Å². The van der Waals surface area contributed by atoms with Crippen molar-refractivity contribution in [3.05, 3.63) is 0 Å². The fourth-order valence-electron chi connectivity index (χ4n) is 0.386. The quantitative estimate of drug-likeness (QED) is 0.355. The van der Waals surface area contributed by atoms with E-state index < -0.39 is 6.03 Å². The molecule has 0 bridgehead atoms. The van der Waals surface area contributed by atoms with E-state index in [1.165, 1.54) is 0 Å². The summed E-state index contributed by atoms with van der Waals surface area (Å²) in [6.07, 6.45) is 0. The van der Waals surface area contributed by atoms with Gasteiger partial charge in [0.25, 0.3) is 0 Å². The van der Waals surface area contributed by atoms with Gasteiger partial charge in [-0.3, -0.25) is 0 Å². The van der Waals surface area contributed by atoms with Crippen LogP contribution in [0.25, 0.3) is 0 Å². The van der Waals surface area contributed by atoms with Crippen molar-refractivity contribution in [3.63, 3.8) is 0 Å². The molecule has 62 valence electrons. The summed E-state index contributed by atoms with van der Waals surface area (Å²) in [6.45, 7) is 2.29. The van der Waals surface area contributed by atoms with Gasteiger partial charge in [-0.15, -0.1) is 4.65 Å². The number of amides is 2. The molecule has 0 heterocycles. The number of hydroxylamine groups is 3. The van der Waals surface area contributed by atoms with E-state index in [9.17, 15) is 4.79 Å². The maximum atomic E-state index is 10.5. The zero-order valence-electron chi connectivity index (χ0n) is 6.43. The molecule has 4 nitrogen and oxygen atoms in total. The molecule has 0 aromatic rings. The summed E-state index contributed by atoms with van der Waals surface area (Å²) < 4.78 is -0.212. The molecule has 0 aromatic heterocycles. The third kappa shape index (κ3) is 3.66. The third-order valence-corrected chi connectivity index (χ3v) is 0.983. The highest BCUT2D eigenvalue weighted by molar-refractivity contribution is 5.63. The van der Waals surface area contributed by atoms with E-state index in [-0.39, 0.29) is 17.1 Å². The second-order valence-electron chi connectivity index (χ2n) is 2.11. The van der Waals surface area contributed by atoms with Crippen LogP contribution in [-0.4, -0.2) is 31.4 Å². The minimum atomic E-state index is -0.489. The van der Waals surface area contributed by atoms with Crippen LogP contribution < -0.4 is 18.1 Å². The van der Waals surface area contributed by atoms with Crippen molar-refractivity contribution in [2.45, 2.75) is 6.92 Å². The number of carbonyl (C=O) groups is 1. The summed E-state index contributed by atoms with van der Waals surface area (Å²) in [7, 11) is 3.18. The fraction of sp³-hybridized carbons (Fsp3) is 0.800. The van der Waals surface area contributed by atoms with Crippen LogP contribution >= 0.6 is 0 Å². The zero-order valence-corrected chi connectivity index (χ0v) is 7.18. The molecule has 5 heteroatoms. The van der Waals surface area contributed by atoms with E-state index in [0.717, 1.165) is 0 Å². The van der Waals surface area contributed by atoms with Crippen molar-refractivity contribution in [2.24, 2.45) is 5.73 Å². The number of nitrogens with zero attached hydrogens (tertiary/aromatic N) is 1. The summed E-state index contributed by atoms with van der Waals surface area (Å²) in [4.78, 5) is 15.4. The summed E-state index contributed by atoms with van der Waals surface area (Å²) in [5, 5.41) is 0. The number of hydrogen-bond acceptors (Lipinski definition) is 2. The number of rotatable bonds is 2. The average Bonchev–Trinajstić information content (AvgIpc) is 1.65. The fourth-order valence-corrected chi connectivity index (χ4v) is 0.386. The van der Waals surface area contributed by atoms with Crippen LogP contribution in [0.4, 0.5) is 4.79 Å². The van der Waals surface area contributed by atoms with E-state index in [2.05, 4.69) is 0 Å². The van der Waals surface area contributed by atoms with Crippen LogP contribution in [0.15, 0.2) is 0 Å². The largest absolute Gasteiger partial charge is 1.00 e. The highest BCUT2D eigenvalue weighted by Gasteiger charge is 2.23. The molecule has 0 rings (SSSR count). The molecule has 0 unspecified atom stereocenters. The second-order valence-corrected chi connectivity index (χ2v) is 2.11. The van der Waals surface area contributed by atoms with Gasteiger partial charge in [0, 0.05) is 0 Å². The normalized spacial score (nSPS) is 10.3. The van der Waals surface area contributed by atoms with E-state index in [4.69, 9.17) is 10.6 Å². The Morgan fingerprint density at radius 3 is 2.10 bits per heavy atom. The summed E-state index contributed by atoms with van der Waals surface area (Å²) in [6, 6.07) is -0.489. The Morgan fingerprint density at radius 2 is 2.00 bits per heavy atom. The molecule has 0 aromatic carbocycles. The molecule has 0 atom stereocenters. The molecule has 0 saturated carbocycles. The Labute approximate surface area is 66.9 Å². The molecular formula is C5H13ClN2O2. The van der Waals surface area contributed by atoms with Gasteiger partial charge in [-0.1, -0.05) is 0 Å². The lowest BCUT2D eigenvalue weighted by atomic mass is 10.8. The highest BCUT2D eigenvalue weighted by atomic mass is 35.5. The highest BCUT2D eigenvalue weighted by Crippen LogP contribution is 1.95. The summed E-state index contributed by atoms with van der Waals surface area (Å²) in [5.41, 5.74) is 4.96. The second kappa shape index (κ2) is 4.49. The van der Waals surface area contributed by atoms with E-state index in [1.54, 1.807) is 14.1 Å². The SMILES string of the molecule is CCO[N+](C)(C)C(N)=O.[Cl-]. The summed E-state index contributed by atoms with van der Waals surface area (Å²) in [5.74, 6) is 0.